The predicted molar refractivity (Wildman–Crippen MR) is 126 cm³/mol. The average molecular weight is 473 g/mol. The summed E-state index contributed by atoms with van der Waals surface area (Å²) in [4.78, 5) is 24.7. The third-order valence-corrected chi connectivity index (χ3v) is 7.40. The van der Waals surface area contributed by atoms with Crippen LogP contribution < -0.4 is 20.9 Å². The maximum absolute atomic E-state index is 14.9. The number of nitrogens with zero attached hydrogens (tertiary/aromatic N) is 3. The van der Waals surface area contributed by atoms with Gasteiger partial charge in [0, 0.05) is 51.0 Å². The van der Waals surface area contributed by atoms with Gasteiger partial charge in [-0.15, -0.1) is 11.3 Å². The van der Waals surface area contributed by atoms with Crippen LogP contribution in [0.25, 0.3) is 10.3 Å². The van der Waals surface area contributed by atoms with Crippen LogP contribution in [-0.2, 0) is 6.42 Å². The molecular weight excluding hydrogens is 446 g/mol. The van der Waals surface area contributed by atoms with Gasteiger partial charge in [0.2, 0.25) is 0 Å². The van der Waals surface area contributed by atoms with E-state index in [1.165, 1.54) is 23.5 Å². The van der Waals surface area contributed by atoms with Crippen LogP contribution in [0.3, 0.4) is 0 Å². The molecule has 2 bridgehead atoms. The Bertz CT molecular complexity index is 1200. The van der Waals surface area contributed by atoms with E-state index in [2.05, 4.69) is 25.9 Å². The lowest BCUT2D eigenvalue weighted by Gasteiger charge is -2.34. The number of aromatic nitrogens is 2. The van der Waals surface area contributed by atoms with Gasteiger partial charge in [0.15, 0.2) is 0 Å². The summed E-state index contributed by atoms with van der Waals surface area (Å²) in [6, 6.07) is 3.23. The number of rotatable bonds is 6. The number of hydrogen-bond acceptors (Lipinski definition) is 7. The van der Waals surface area contributed by atoms with E-state index in [0.29, 0.717) is 51.8 Å². The minimum absolute atomic E-state index is 0.184. The maximum atomic E-state index is 14.9. The molecule has 2 saturated heterocycles. The number of benzene rings is 1. The molecule has 33 heavy (non-hydrogen) atoms. The Morgan fingerprint density at radius 2 is 2.00 bits per heavy atom. The molecule has 174 valence electrons. The van der Waals surface area contributed by atoms with E-state index in [9.17, 15) is 13.6 Å². The van der Waals surface area contributed by atoms with Crippen molar-refractivity contribution in [1.29, 1.82) is 0 Å². The molecule has 2 fully saturated rings. The molecule has 1 aromatic carbocycles. The van der Waals surface area contributed by atoms with Crippen molar-refractivity contribution in [2.75, 3.05) is 36.9 Å². The van der Waals surface area contributed by atoms with Crippen LogP contribution in [0.1, 0.15) is 33.8 Å². The molecule has 7 nitrogen and oxygen atoms in total. The lowest BCUT2D eigenvalue weighted by molar-refractivity contribution is 0.0959. The second kappa shape index (κ2) is 8.83. The first-order valence-corrected chi connectivity index (χ1v) is 12.0. The van der Waals surface area contributed by atoms with Crippen LogP contribution in [0, 0.1) is 18.6 Å². The van der Waals surface area contributed by atoms with Crippen molar-refractivity contribution < 1.29 is 13.6 Å². The molecule has 1 amide bonds. The molecule has 2 aromatic heterocycles. The molecule has 5 rings (SSSR count). The summed E-state index contributed by atoms with van der Waals surface area (Å²) in [6.07, 6.45) is 3.99. The number of fused-ring (bicyclic) bond motifs is 3. The molecule has 0 radical (unpaired) electrons. The molecule has 2 aliphatic rings. The first-order chi connectivity index (χ1) is 15.9. The standard InChI is InChI=1S/C23H26F2N6OS/c1-12-9-28-20-19(26-2)21(33-23(20)29-12)22(32)27-6-5-13-7-17(25)18(8-16(13)24)31-10-14-3-4-15(11-31)30-14/h7-9,14-15,26,30H,3-6,10-11H2,1-2H3,(H,27,32)/t14-,15+. The molecule has 3 N–H and O–H groups in total. The molecule has 4 heterocycles. The number of anilines is 2. The van der Waals surface area contributed by atoms with E-state index >= 15 is 0 Å². The van der Waals surface area contributed by atoms with E-state index < -0.39 is 11.6 Å². The zero-order chi connectivity index (χ0) is 23.1. The number of piperazine rings is 1. The number of halogens is 2. The highest BCUT2D eigenvalue weighted by Crippen LogP contribution is 2.33. The predicted octanol–water partition coefficient (Wildman–Crippen LogP) is 3.23. The van der Waals surface area contributed by atoms with Gasteiger partial charge in [-0.1, -0.05) is 0 Å². The van der Waals surface area contributed by atoms with Gasteiger partial charge in [-0.25, -0.2) is 18.7 Å². The van der Waals surface area contributed by atoms with Crippen molar-refractivity contribution in [3.63, 3.8) is 0 Å². The minimum Gasteiger partial charge on any atom is -0.385 e. The van der Waals surface area contributed by atoms with Crippen LogP contribution in [0.5, 0.6) is 0 Å². The van der Waals surface area contributed by atoms with Crippen molar-refractivity contribution >= 4 is 39.0 Å². The van der Waals surface area contributed by atoms with Crippen LogP contribution >= 0.6 is 11.3 Å². The summed E-state index contributed by atoms with van der Waals surface area (Å²) in [7, 11) is 1.73. The molecular formula is C23H26F2N6OS. The van der Waals surface area contributed by atoms with E-state index in [-0.39, 0.29) is 24.4 Å². The number of nitrogens with one attached hydrogen (secondary N) is 3. The van der Waals surface area contributed by atoms with E-state index in [1.807, 2.05) is 11.8 Å². The summed E-state index contributed by atoms with van der Waals surface area (Å²) in [6.45, 7) is 3.41. The Kier molecular flexibility index (Phi) is 5.88. The molecule has 0 unspecified atom stereocenters. The Balaban J connectivity index is 1.26. The summed E-state index contributed by atoms with van der Waals surface area (Å²) in [5.41, 5.74) is 2.60. The average Bonchev–Trinajstić information content (AvgIpc) is 3.33. The summed E-state index contributed by atoms with van der Waals surface area (Å²) in [5.74, 6) is -1.17. The Hall–Kier alpha value is -2.85. The van der Waals surface area contributed by atoms with Crippen molar-refractivity contribution in [3.05, 3.63) is 46.1 Å². The SMILES string of the molecule is CNc1c(C(=O)NCCc2cc(F)c(N3C[C@H]4CC[C@@H](C3)N4)cc2F)sc2nc(C)cnc12. The second-order valence-electron chi connectivity index (χ2n) is 8.67. The third kappa shape index (κ3) is 4.24. The summed E-state index contributed by atoms with van der Waals surface area (Å²) in [5, 5.41) is 9.33. The first kappa shape index (κ1) is 22.0. The molecule has 10 heteroatoms. The lowest BCUT2D eigenvalue weighted by atomic mass is 10.1. The van der Waals surface area contributed by atoms with Crippen LogP contribution in [0.2, 0.25) is 0 Å². The highest BCUT2D eigenvalue weighted by Gasteiger charge is 2.33. The van der Waals surface area contributed by atoms with Crippen molar-refractivity contribution in [1.82, 2.24) is 20.6 Å². The molecule has 0 saturated carbocycles. The van der Waals surface area contributed by atoms with Gasteiger partial charge in [-0.3, -0.25) is 4.79 Å². The maximum Gasteiger partial charge on any atom is 0.263 e. The fourth-order valence-corrected chi connectivity index (χ4v) is 5.84. The van der Waals surface area contributed by atoms with Crippen LogP contribution in [-0.4, -0.2) is 54.6 Å². The highest BCUT2D eigenvalue weighted by molar-refractivity contribution is 7.21. The van der Waals surface area contributed by atoms with Gasteiger partial charge >= 0.3 is 0 Å². The summed E-state index contributed by atoms with van der Waals surface area (Å²) >= 11 is 1.25. The topological polar surface area (TPSA) is 82.2 Å². The van der Waals surface area contributed by atoms with Crippen molar-refractivity contribution in [2.24, 2.45) is 0 Å². The van der Waals surface area contributed by atoms with Gasteiger partial charge in [-0.05, 0) is 37.8 Å². The molecule has 0 spiro atoms. The van der Waals surface area contributed by atoms with Gasteiger partial charge in [0.25, 0.3) is 5.91 Å². The number of amides is 1. The Morgan fingerprint density at radius 1 is 1.24 bits per heavy atom. The molecule has 2 atom stereocenters. The molecule has 3 aromatic rings. The normalized spacial score (nSPS) is 19.8. The monoisotopic (exact) mass is 472 g/mol. The Morgan fingerprint density at radius 3 is 2.73 bits per heavy atom. The lowest BCUT2D eigenvalue weighted by Crippen LogP contribution is -2.51. The molecule has 2 aliphatic heterocycles. The third-order valence-electron chi connectivity index (χ3n) is 6.33. The van der Waals surface area contributed by atoms with Crippen LogP contribution in [0.15, 0.2) is 18.3 Å². The smallest absolute Gasteiger partial charge is 0.263 e. The minimum atomic E-state index is -0.451. The fraction of sp³-hybridized carbons (Fsp3) is 0.435. The number of hydrogen-bond donors (Lipinski definition) is 3. The van der Waals surface area contributed by atoms with E-state index in [4.69, 9.17) is 0 Å². The first-order valence-electron chi connectivity index (χ1n) is 11.1. The van der Waals surface area contributed by atoms with E-state index in [0.717, 1.165) is 18.5 Å². The number of aryl methyl sites for hydroxylation is 1. The number of carbonyl (C=O) groups is 1. The van der Waals surface area contributed by atoms with Crippen molar-refractivity contribution in [2.45, 2.75) is 38.3 Å². The largest absolute Gasteiger partial charge is 0.385 e. The van der Waals surface area contributed by atoms with Crippen LogP contribution in [0.4, 0.5) is 20.2 Å². The zero-order valence-corrected chi connectivity index (χ0v) is 19.4. The highest BCUT2D eigenvalue weighted by atomic mass is 32.1. The number of thiophene rings is 1. The van der Waals surface area contributed by atoms with Gasteiger partial charge in [0.1, 0.15) is 26.9 Å². The van der Waals surface area contributed by atoms with Gasteiger partial charge < -0.3 is 20.9 Å². The second-order valence-corrected chi connectivity index (χ2v) is 9.66. The van der Waals surface area contributed by atoms with Gasteiger partial charge in [0.05, 0.1) is 17.1 Å². The number of carbonyl (C=O) groups excluding carboxylic acids is 1. The molecule has 0 aliphatic carbocycles. The summed E-state index contributed by atoms with van der Waals surface area (Å²) < 4.78 is 29.6. The fourth-order valence-electron chi connectivity index (χ4n) is 4.74. The van der Waals surface area contributed by atoms with Gasteiger partial charge in [-0.2, -0.15) is 0 Å². The Labute approximate surface area is 194 Å². The quantitative estimate of drug-likeness (QED) is 0.511. The van der Waals surface area contributed by atoms with E-state index in [1.54, 1.807) is 13.2 Å². The van der Waals surface area contributed by atoms with Crippen molar-refractivity contribution in [3.8, 4) is 0 Å². The zero-order valence-electron chi connectivity index (χ0n) is 18.5.